The predicted molar refractivity (Wildman–Crippen MR) is 164 cm³/mol. The van der Waals surface area contributed by atoms with Crippen LogP contribution in [0.3, 0.4) is 0 Å². The molecule has 0 aliphatic heterocycles. The molecule has 0 spiro atoms. The highest BCUT2D eigenvalue weighted by Gasteiger charge is 2.20. The van der Waals surface area contributed by atoms with Gasteiger partial charge in [0.1, 0.15) is 22.1 Å². The molecule has 0 radical (unpaired) electrons. The summed E-state index contributed by atoms with van der Waals surface area (Å²) in [6.07, 6.45) is 1.85. The van der Waals surface area contributed by atoms with Crippen molar-refractivity contribution in [2.45, 2.75) is 63.3 Å². The minimum absolute atomic E-state index is 0.218. The Hall–Kier alpha value is -3.83. The van der Waals surface area contributed by atoms with Gasteiger partial charge >= 0.3 is 0 Å². The molecule has 0 aliphatic carbocycles. The first-order valence-electron chi connectivity index (χ1n) is 13.5. The zero-order valence-corrected chi connectivity index (χ0v) is 24.1. The summed E-state index contributed by atoms with van der Waals surface area (Å²) in [5.41, 5.74) is 7.85. The number of nitrogens with zero attached hydrogens (tertiary/aromatic N) is 3. The maximum atomic E-state index is 10.6. The summed E-state index contributed by atoms with van der Waals surface area (Å²) in [6, 6.07) is 23.3. The smallest absolute Gasteiger partial charge is 0.141 e. The minimum Gasteiger partial charge on any atom is -0.506 e. The van der Waals surface area contributed by atoms with E-state index < -0.39 is 0 Å². The van der Waals surface area contributed by atoms with Gasteiger partial charge in [0.05, 0.1) is 11.0 Å². The minimum atomic E-state index is 0.218. The van der Waals surface area contributed by atoms with Gasteiger partial charge in [0.15, 0.2) is 0 Å². The molecule has 3 aromatic heterocycles. The van der Waals surface area contributed by atoms with Crippen LogP contribution in [-0.2, 0) is 0 Å². The van der Waals surface area contributed by atoms with E-state index in [2.05, 4.69) is 88.6 Å². The lowest BCUT2D eigenvalue weighted by atomic mass is 9.95. The van der Waals surface area contributed by atoms with Gasteiger partial charge in [-0.15, -0.1) is 0 Å². The van der Waals surface area contributed by atoms with Gasteiger partial charge in [-0.05, 0) is 96.5 Å². The zero-order chi connectivity index (χ0) is 27.4. The zero-order valence-electron chi connectivity index (χ0n) is 23.3. The number of fused-ring (bicyclic) bond motifs is 4. The normalized spacial score (nSPS) is 12.0. The first-order valence-corrected chi connectivity index (χ1v) is 14.4. The molecule has 0 aliphatic rings. The van der Waals surface area contributed by atoms with Crippen molar-refractivity contribution < 1.29 is 5.11 Å². The molecule has 4 nitrogen and oxygen atoms in total. The molecule has 0 unspecified atom stereocenters. The van der Waals surface area contributed by atoms with Crippen LogP contribution in [-0.4, -0.2) is 19.6 Å². The van der Waals surface area contributed by atoms with Crippen molar-refractivity contribution >= 4 is 44.5 Å². The fraction of sp³-hybridized carbons (Fsp3) is 0.235. The van der Waals surface area contributed by atoms with Crippen molar-refractivity contribution in [2.24, 2.45) is 0 Å². The third-order valence-electron chi connectivity index (χ3n) is 7.60. The largest absolute Gasteiger partial charge is 0.506 e. The van der Waals surface area contributed by atoms with Gasteiger partial charge in [0.2, 0.25) is 0 Å². The number of benzene rings is 3. The van der Waals surface area contributed by atoms with Gasteiger partial charge in [-0.3, -0.25) is 4.57 Å². The summed E-state index contributed by atoms with van der Waals surface area (Å²) >= 11 is 1.64. The molecule has 6 aromatic rings. The first kappa shape index (κ1) is 25.4. The summed E-state index contributed by atoms with van der Waals surface area (Å²) in [6.45, 7) is 13.2. The molecule has 0 amide bonds. The summed E-state index contributed by atoms with van der Waals surface area (Å²) < 4.78 is 2.29. The molecule has 1 N–H and O–H groups in total. The maximum absolute atomic E-state index is 10.6. The molecule has 0 fully saturated rings. The van der Waals surface area contributed by atoms with E-state index in [0.717, 1.165) is 43.3 Å². The second-order valence-corrected chi connectivity index (χ2v) is 12.1. The van der Waals surface area contributed by atoms with E-state index >= 15 is 0 Å². The molecule has 39 heavy (non-hydrogen) atoms. The molecule has 3 heterocycles. The van der Waals surface area contributed by atoms with Crippen LogP contribution < -0.4 is 0 Å². The lowest BCUT2D eigenvalue weighted by Crippen LogP contribution is -1.98. The number of aryl methyl sites for hydroxylation is 2. The monoisotopic (exact) mass is 531 g/mol. The van der Waals surface area contributed by atoms with Crippen LogP contribution in [0.1, 0.15) is 61.8 Å². The van der Waals surface area contributed by atoms with Crippen molar-refractivity contribution in [1.29, 1.82) is 0 Å². The Bertz CT molecular complexity index is 1870. The number of hydrogen-bond acceptors (Lipinski definition) is 4. The van der Waals surface area contributed by atoms with Gasteiger partial charge in [0, 0.05) is 27.3 Å². The van der Waals surface area contributed by atoms with Crippen LogP contribution in [0.2, 0.25) is 0 Å². The summed E-state index contributed by atoms with van der Waals surface area (Å²) in [5, 5.41) is 15.0. The summed E-state index contributed by atoms with van der Waals surface area (Å²) in [5.74, 6) is 1.90. The van der Waals surface area contributed by atoms with E-state index in [1.54, 1.807) is 17.8 Å². The van der Waals surface area contributed by atoms with Crippen molar-refractivity contribution in [3.63, 3.8) is 0 Å². The number of phenols is 1. The highest BCUT2D eigenvalue weighted by Crippen LogP contribution is 2.42. The topological polar surface area (TPSA) is 50.9 Å². The van der Waals surface area contributed by atoms with Gasteiger partial charge in [-0.1, -0.05) is 57.7 Å². The predicted octanol–water partition coefficient (Wildman–Crippen LogP) is 9.45. The SMILES string of the molecule is Cc1ccc(O)c2nc(Sc3cc(C(C)C)c4c5cc(C(C)C)ccc5n(-c5ccccn5)c4c3)cc(C)c12. The number of aromatic hydroxyl groups is 1. The summed E-state index contributed by atoms with van der Waals surface area (Å²) in [4.78, 5) is 10.8. The molecule has 5 heteroatoms. The van der Waals surface area contributed by atoms with Crippen LogP contribution in [0.15, 0.2) is 82.8 Å². The van der Waals surface area contributed by atoms with Gasteiger partial charge in [-0.2, -0.15) is 0 Å². The van der Waals surface area contributed by atoms with E-state index in [0.29, 0.717) is 17.4 Å². The first-order chi connectivity index (χ1) is 18.7. The van der Waals surface area contributed by atoms with Crippen LogP contribution in [0.25, 0.3) is 38.5 Å². The second-order valence-electron chi connectivity index (χ2n) is 11.0. The van der Waals surface area contributed by atoms with Gasteiger partial charge in [-0.25, -0.2) is 9.97 Å². The van der Waals surface area contributed by atoms with E-state index in [1.807, 2.05) is 24.4 Å². The van der Waals surface area contributed by atoms with E-state index in [-0.39, 0.29) is 5.75 Å². The fourth-order valence-corrected chi connectivity index (χ4v) is 6.61. The third-order valence-corrected chi connectivity index (χ3v) is 8.49. The average Bonchev–Trinajstić information content (AvgIpc) is 3.24. The Morgan fingerprint density at radius 3 is 2.33 bits per heavy atom. The Morgan fingerprint density at radius 1 is 0.795 bits per heavy atom. The molecule has 0 saturated carbocycles. The molecule has 0 bridgehead atoms. The molecular formula is C34H33N3OS. The Kier molecular flexibility index (Phi) is 6.35. The number of aromatic nitrogens is 3. The lowest BCUT2D eigenvalue weighted by molar-refractivity contribution is 0.480. The lowest BCUT2D eigenvalue weighted by Gasteiger charge is -2.14. The highest BCUT2D eigenvalue weighted by atomic mass is 32.2. The Labute approximate surface area is 233 Å². The highest BCUT2D eigenvalue weighted by molar-refractivity contribution is 7.99. The number of phenolic OH excluding ortho intramolecular Hbond substituents is 1. The van der Waals surface area contributed by atoms with E-state index in [9.17, 15) is 5.11 Å². The van der Waals surface area contributed by atoms with Crippen molar-refractivity contribution in [3.8, 4) is 11.6 Å². The molecule has 0 saturated heterocycles. The molecular weight excluding hydrogens is 498 g/mol. The van der Waals surface area contributed by atoms with Gasteiger partial charge in [0.25, 0.3) is 0 Å². The van der Waals surface area contributed by atoms with Crippen LogP contribution in [0.4, 0.5) is 0 Å². The Morgan fingerprint density at radius 2 is 1.62 bits per heavy atom. The maximum Gasteiger partial charge on any atom is 0.141 e. The fourth-order valence-electron chi connectivity index (χ4n) is 5.64. The molecule has 6 rings (SSSR count). The van der Waals surface area contributed by atoms with Crippen molar-refractivity contribution in [2.75, 3.05) is 0 Å². The Balaban J connectivity index is 1.62. The summed E-state index contributed by atoms with van der Waals surface area (Å²) in [7, 11) is 0. The van der Waals surface area contributed by atoms with Crippen molar-refractivity contribution in [1.82, 2.24) is 14.5 Å². The standard InChI is InChI=1S/C34H33N3OS/c1-19(2)23-11-12-27-26(16-23)33-25(20(3)4)17-24(18-28(33)37(27)30-9-7-8-14-35-30)39-31-15-22(6)32-21(5)10-13-29(38)34(32)36-31/h7-20,38H,1-6H3. The average molecular weight is 532 g/mol. The molecule has 196 valence electrons. The van der Waals surface area contributed by atoms with Crippen molar-refractivity contribution in [3.05, 3.63) is 95.2 Å². The van der Waals surface area contributed by atoms with Crippen LogP contribution >= 0.6 is 11.8 Å². The second kappa shape index (κ2) is 9.73. The number of pyridine rings is 2. The van der Waals surface area contributed by atoms with Crippen LogP contribution in [0.5, 0.6) is 5.75 Å². The molecule has 0 atom stereocenters. The number of hydrogen-bond donors (Lipinski definition) is 1. The quantitative estimate of drug-likeness (QED) is 0.241. The van der Waals surface area contributed by atoms with Gasteiger partial charge < -0.3 is 5.11 Å². The third kappa shape index (κ3) is 4.35. The molecule has 3 aromatic carbocycles. The van der Waals surface area contributed by atoms with E-state index in [1.165, 1.54) is 21.9 Å². The number of rotatable bonds is 5. The van der Waals surface area contributed by atoms with E-state index in [4.69, 9.17) is 9.97 Å². The van der Waals surface area contributed by atoms with Crippen LogP contribution in [0, 0.1) is 13.8 Å².